The number of fused-ring (bicyclic) bond motifs is 1. The second kappa shape index (κ2) is 10.7. The molecule has 0 fully saturated rings. The number of pyridine rings is 2. The van der Waals surface area contributed by atoms with Crippen molar-refractivity contribution in [3.05, 3.63) is 120 Å². The zero-order chi connectivity index (χ0) is 24.0. The average molecular weight is 457 g/mol. The van der Waals surface area contributed by atoms with Crippen molar-refractivity contribution in [2.45, 2.75) is 45.4 Å². The van der Waals surface area contributed by atoms with Gasteiger partial charge in [-0.15, -0.1) is 0 Å². The summed E-state index contributed by atoms with van der Waals surface area (Å²) in [6, 6.07) is 36.5. The molecule has 2 heterocycles. The van der Waals surface area contributed by atoms with E-state index in [0.717, 1.165) is 42.8 Å². The topological polar surface area (TPSA) is 25.8 Å². The van der Waals surface area contributed by atoms with Crippen molar-refractivity contribution in [2.75, 3.05) is 0 Å². The third-order valence-electron chi connectivity index (χ3n) is 6.61. The summed E-state index contributed by atoms with van der Waals surface area (Å²) in [5, 5.41) is 2.52. The van der Waals surface area contributed by atoms with Crippen LogP contribution in [0.15, 0.2) is 103 Å². The molecule has 5 rings (SSSR count). The first-order valence-electron chi connectivity index (χ1n) is 12.7. The maximum atomic E-state index is 5.13. The molecule has 2 heteroatoms. The standard InChI is InChI=1S/C33H32N2/c1-24(2)27-20-21-31-28(22-27)23-30(35-33(31)26-14-7-4-8-15-26)17-10-9-16-29-18-11-19-32(34-29)25-12-5-3-6-13-25/h3-8,11-15,18-24H,9-10,16-17H2,1-2H3. The summed E-state index contributed by atoms with van der Waals surface area (Å²) >= 11 is 0. The third kappa shape index (κ3) is 5.49. The molecule has 0 amide bonds. The van der Waals surface area contributed by atoms with E-state index in [2.05, 4.69) is 111 Å². The molecule has 2 aromatic heterocycles. The van der Waals surface area contributed by atoms with E-state index in [1.807, 2.05) is 6.07 Å². The summed E-state index contributed by atoms with van der Waals surface area (Å²) in [5.74, 6) is 0.510. The van der Waals surface area contributed by atoms with Crippen LogP contribution in [0.3, 0.4) is 0 Å². The minimum Gasteiger partial charge on any atom is -0.253 e. The van der Waals surface area contributed by atoms with Crippen LogP contribution in [-0.4, -0.2) is 9.97 Å². The van der Waals surface area contributed by atoms with Crippen LogP contribution >= 0.6 is 0 Å². The van der Waals surface area contributed by atoms with Crippen molar-refractivity contribution in [1.29, 1.82) is 0 Å². The molecule has 35 heavy (non-hydrogen) atoms. The second-order valence-electron chi connectivity index (χ2n) is 9.55. The van der Waals surface area contributed by atoms with Gasteiger partial charge < -0.3 is 0 Å². The van der Waals surface area contributed by atoms with Crippen LogP contribution in [0.4, 0.5) is 0 Å². The van der Waals surface area contributed by atoms with Crippen LogP contribution in [0.1, 0.15) is 49.6 Å². The van der Waals surface area contributed by atoms with Crippen LogP contribution in [0, 0.1) is 0 Å². The van der Waals surface area contributed by atoms with E-state index >= 15 is 0 Å². The summed E-state index contributed by atoms with van der Waals surface area (Å²) in [7, 11) is 0. The van der Waals surface area contributed by atoms with Gasteiger partial charge in [0.15, 0.2) is 0 Å². The van der Waals surface area contributed by atoms with Crippen molar-refractivity contribution >= 4 is 10.8 Å². The predicted octanol–water partition coefficient (Wildman–Crippen LogP) is 8.65. The number of hydrogen-bond donors (Lipinski definition) is 0. The van der Waals surface area contributed by atoms with E-state index in [9.17, 15) is 0 Å². The number of unbranched alkanes of at least 4 members (excludes halogenated alkanes) is 1. The Morgan fingerprint density at radius 1 is 0.600 bits per heavy atom. The van der Waals surface area contributed by atoms with Gasteiger partial charge in [-0.1, -0.05) is 98.8 Å². The first-order valence-corrected chi connectivity index (χ1v) is 12.7. The fraction of sp³-hybridized carbons (Fsp3) is 0.212. The van der Waals surface area contributed by atoms with Gasteiger partial charge in [0.05, 0.1) is 11.4 Å². The van der Waals surface area contributed by atoms with Crippen LogP contribution < -0.4 is 0 Å². The molecule has 0 N–H and O–H groups in total. The van der Waals surface area contributed by atoms with Crippen molar-refractivity contribution in [3.63, 3.8) is 0 Å². The lowest BCUT2D eigenvalue weighted by atomic mass is 9.96. The quantitative estimate of drug-likeness (QED) is 0.218. The lowest BCUT2D eigenvalue weighted by Gasteiger charge is -2.13. The third-order valence-corrected chi connectivity index (χ3v) is 6.61. The number of benzene rings is 3. The van der Waals surface area contributed by atoms with Crippen molar-refractivity contribution in [2.24, 2.45) is 0 Å². The Balaban J connectivity index is 1.33. The van der Waals surface area contributed by atoms with Crippen LogP contribution in [-0.2, 0) is 12.8 Å². The van der Waals surface area contributed by atoms with Gasteiger partial charge in [-0.3, -0.25) is 9.97 Å². The SMILES string of the molecule is CC(C)c1ccc2c(-c3ccccc3)nc(CCCCc3cccc(-c4ccccc4)n3)cc2c1. The molecule has 2 nitrogen and oxygen atoms in total. The molecule has 0 aliphatic rings. The maximum absolute atomic E-state index is 5.13. The number of nitrogens with zero attached hydrogens (tertiary/aromatic N) is 2. The van der Waals surface area contributed by atoms with Gasteiger partial charge in [-0.05, 0) is 60.7 Å². The molecule has 0 aliphatic carbocycles. The van der Waals surface area contributed by atoms with E-state index in [0.29, 0.717) is 5.92 Å². The largest absolute Gasteiger partial charge is 0.253 e. The lowest BCUT2D eigenvalue weighted by Crippen LogP contribution is -1.98. The van der Waals surface area contributed by atoms with Crippen molar-refractivity contribution in [1.82, 2.24) is 9.97 Å². The molecule has 0 spiro atoms. The van der Waals surface area contributed by atoms with E-state index in [4.69, 9.17) is 9.97 Å². The van der Waals surface area contributed by atoms with Gasteiger partial charge in [0.25, 0.3) is 0 Å². The first-order chi connectivity index (χ1) is 17.2. The Labute approximate surface area is 208 Å². The highest BCUT2D eigenvalue weighted by atomic mass is 14.7. The average Bonchev–Trinajstić information content (AvgIpc) is 2.91. The van der Waals surface area contributed by atoms with Gasteiger partial charge in [-0.2, -0.15) is 0 Å². The number of rotatable bonds is 8. The highest BCUT2D eigenvalue weighted by Crippen LogP contribution is 2.30. The van der Waals surface area contributed by atoms with E-state index < -0.39 is 0 Å². The molecule has 0 unspecified atom stereocenters. The van der Waals surface area contributed by atoms with Crippen LogP contribution in [0.25, 0.3) is 33.3 Å². The van der Waals surface area contributed by atoms with Crippen LogP contribution in [0.2, 0.25) is 0 Å². The Bertz CT molecular complexity index is 1410. The number of hydrogen-bond acceptors (Lipinski definition) is 2. The Kier molecular flexibility index (Phi) is 6.99. The van der Waals surface area contributed by atoms with E-state index in [-0.39, 0.29) is 0 Å². The minimum absolute atomic E-state index is 0.510. The molecule has 0 saturated carbocycles. The monoisotopic (exact) mass is 456 g/mol. The molecule has 0 saturated heterocycles. The molecular formula is C33H32N2. The van der Waals surface area contributed by atoms with Gasteiger partial charge in [0.1, 0.15) is 0 Å². The smallest absolute Gasteiger partial charge is 0.0783 e. The van der Waals surface area contributed by atoms with Gasteiger partial charge >= 0.3 is 0 Å². The van der Waals surface area contributed by atoms with E-state index in [1.54, 1.807) is 0 Å². The Morgan fingerprint density at radius 3 is 2.00 bits per heavy atom. The second-order valence-corrected chi connectivity index (χ2v) is 9.55. The zero-order valence-corrected chi connectivity index (χ0v) is 20.6. The molecule has 174 valence electrons. The number of aromatic nitrogens is 2. The minimum atomic E-state index is 0.510. The first kappa shape index (κ1) is 23.0. The van der Waals surface area contributed by atoms with Gasteiger partial charge in [0.2, 0.25) is 0 Å². The zero-order valence-electron chi connectivity index (χ0n) is 20.6. The molecule has 5 aromatic rings. The predicted molar refractivity (Wildman–Crippen MR) is 148 cm³/mol. The Hall–Kier alpha value is -3.78. The molecule has 0 bridgehead atoms. The fourth-order valence-corrected chi connectivity index (χ4v) is 4.64. The van der Waals surface area contributed by atoms with Crippen LogP contribution in [0.5, 0.6) is 0 Å². The normalized spacial score (nSPS) is 11.3. The van der Waals surface area contributed by atoms with E-state index in [1.165, 1.54) is 33.2 Å². The van der Waals surface area contributed by atoms with Gasteiger partial charge in [0, 0.05) is 27.9 Å². The molecule has 0 atom stereocenters. The van der Waals surface area contributed by atoms with Crippen molar-refractivity contribution < 1.29 is 0 Å². The summed E-state index contributed by atoms with van der Waals surface area (Å²) in [5.41, 5.74) is 8.19. The fourth-order valence-electron chi connectivity index (χ4n) is 4.64. The summed E-state index contributed by atoms with van der Waals surface area (Å²) in [6.45, 7) is 4.50. The maximum Gasteiger partial charge on any atom is 0.0783 e. The molecule has 3 aromatic carbocycles. The Morgan fingerprint density at radius 2 is 1.29 bits per heavy atom. The highest BCUT2D eigenvalue weighted by molar-refractivity contribution is 5.95. The molecule has 0 aliphatic heterocycles. The summed E-state index contributed by atoms with van der Waals surface area (Å²) < 4.78 is 0. The summed E-state index contributed by atoms with van der Waals surface area (Å²) in [6.07, 6.45) is 4.14. The molecular weight excluding hydrogens is 424 g/mol. The molecule has 0 radical (unpaired) electrons. The van der Waals surface area contributed by atoms with Crippen molar-refractivity contribution in [3.8, 4) is 22.5 Å². The summed E-state index contributed by atoms with van der Waals surface area (Å²) in [4.78, 5) is 10.0. The van der Waals surface area contributed by atoms with Gasteiger partial charge in [-0.25, -0.2) is 0 Å². The lowest BCUT2D eigenvalue weighted by molar-refractivity contribution is 0.714. The highest BCUT2D eigenvalue weighted by Gasteiger charge is 2.11. The number of aryl methyl sites for hydroxylation is 2.